The third kappa shape index (κ3) is 3.36. The van der Waals surface area contributed by atoms with Crippen molar-refractivity contribution in [2.45, 2.75) is 30.0 Å². The van der Waals surface area contributed by atoms with Gasteiger partial charge in [0, 0.05) is 30.6 Å². The van der Waals surface area contributed by atoms with E-state index in [2.05, 4.69) is 12.2 Å². The zero-order chi connectivity index (χ0) is 14.6. The Morgan fingerprint density at radius 2 is 2.15 bits per heavy atom. The summed E-state index contributed by atoms with van der Waals surface area (Å²) in [5, 5.41) is 3.44. The van der Waals surface area contributed by atoms with Gasteiger partial charge in [-0.25, -0.2) is 8.42 Å². The molecule has 0 radical (unpaired) electrons. The predicted molar refractivity (Wildman–Crippen MR) is 84.5 cm³/mol. The van der Waals surface area contributed by atoms with E-state index >= 15 is 0 Å². The molecular formula is C14H22N2O2S2. The average molecular weight is 314 g/mol. The molecule has 0 bridgehead atoms. The minimum absolute atomic E-state index is 0.412. The van der Waals surface area contributed by atoms with Crippen LogP contribution in [-0.2, 0) is 16.6 Å². The van der Waals surface area contributed by atoms with E-state index < -0.39 is 10.0 Å². The third-order valence-electron chi connectivity index (χ3n) is 3.51. The second-order valence-electron chi connectivity index (χ2n) is 4.90. The Balaban J connectivity index is 2.30. The molecular weight excluding hydrogens is 292 g/mol. The molecule has 1 aromatic rings. The van der Waals surface area contributed by atoms with Crippen molar-refractivity contribution < 1.29 is 8.42 Å². The summed E-state index contributed by atoms with van der Waals surface area (Å²) in [6.07, 6.45) is 1.01. The average Bonchev–Trinajstić information content (AvgIpc) is 2.48. The molecule has 6 heteroatoms. The quantitative estimate of drug-likeness (QED) is 0.902. The topological polar surface area (TPSA) is 49.4 Å². The number of nitrogens with zero attached hydrogens (tertiary/aromatic N) is 1. The van der Waals surface area contributed by atoms with E-state index in [0.29, 0.717) is 29.8 Å². The van der Waals surface area contributed by atoms with E-state index in [1.54, 1.807) is 16.4 Å². The first-order valence-electron chi connectivity index (χ1n) is 6.93. The van der Waals surface area contributed by atoms with Gasteiger partial charge in [-0.1, -0.05) is 25.1 Å². The number of nitrogens with one attached hydrogen (secondary N) is 1. The summed E-state index contributed by atoms with van der Waals surface area (Å²) in [4.78, 5) is 0.441. The Kier molecular flexibility index (Phi) is 5.49. The summed E-state index contributed by atoms with van der Waals surface area (Å²) in [5.41, 5.74) is 0.835. The maximum absolute atomic E-state index is 12.8. The second kappa shape index (κ2) is 6.93. The Morgan fingerprint density at radius 1 is 1.40 bits per heavy atom. The fourth-order valence-electron chi connectivity index (χ4n) is 2.39. The molecule has 1 aliphatic rings. The first kappa shape index (κ1) is 15.8. The molecule has 112 valence electrons. The fourth-order valence-corrected chi connectivity index (χ4v) is 5.49. The third-order valence-corrected chi connectivity index (χ3v) is 6.85. The van der Waals surface area contributed by atoms with Crippen molar-refractivity contribution in [3.63, 3.8) is 0 Å². The van der Waals surface area contributed by atoms with Crippen molar-refractivity contribution in [1.29, 1.82) is 0 Å². The smallest absolute Gasteiger partial charge is 0.243 e. The van der Waals surface area contributed by atoms with Crippen LogP contribution in [0.15, 0.2) is 29.2 Å². The van der Waals surface area contributed by atoms with Crippen LogP contribution in [0.1, 0.15) is 18.9 Å². The van der Waals surface area contributed by atoms with Gasteiger partial charge in [0.2, 0.25) is 10.0 Å². The summed E-state index contributed by atoms with van der Waals surface area (Å²) in [6.45, 7) is 3.91. The lowest BCUT2D eigenvalue weighted by Crippen LogP contribution is -2.42. The molecule has 4 nitrogen and oxygen atoms in total. The zero-order valence-corrected chi connectivity index (χ0v) is 13.6. The van der Waals surface area contributed by atoms with Crippen LogP contribution in [0.2, 0.25) is 0 Å². The van der Waals surface area contributed by atoms with Crippen molar-refractivity contribution in [2.75, 3.05) is 25.9 Å². The molecule has 1 unspecified atom stereocenters. The Hall–Kier alpha value is -0.560. The van der Waals surface area contributed by atoms with Gasteiger partial charge in [0.15, 0.2) is 0 Å². The maximum Gasteiger partial charge on any atom is 0.243 e. The molecule has 20 heavy (non-hydrogen) atoms. The number of rotatable bonds is 5. The zero-order valence-electron chi connectivity index (χ0n) is 12.0. The molecule has 0 amide bonds. The molecule has 0 spiro atoms. The molecule has 1 saturated heterocycles. The van der Waals surface area contributed by atoms with Crippen LogP contribution in [0.3, 0.4) is 0 Å². The molecule has 2 rings (SSSR count). The summed E-state index contributed by atoms with van der Waals surface area (Å²) in [5.74, 6) is 0.881. The van der Waals surface area contributed by atoms with Gasteiger partial charge in [-0.2, -0.15) is 16.1 Å². The summed E-state index contributed by atoms with van der Waals surface area (Å²) >= 11 is 1.87. The van der Waals surface area contributed by atoms with Gasteiger partial charge in [0.25, 0.3) is 0 Å². The van der Waals surface area contributed by atoms with Crippen molar-refractivity contribution in [1.82, 2.24) is 9.62 Å². The number of hydrogen-bond donors (Lipinski definition) is 1. The standard InChI is InChI=1S/C14H22N2O2S2/c1-3-13-11-16(8-9-19-13)20(17,18)14-7-5-4-6-12(14)10-15-2/h4-7,13,15H,3,8-11H2,1-2H3. The lowest BCUT2D eigenvalue weighted by molar-refractivity contribution is 0.415. The van der Waals surface area contributed by atoms with E-state index in [0.717, 1.165) is 17.7 Å². The van der Waals surface area contributed by atoms with E-state index in [-0.39, 0.29) is 0 Å². The van der Waals surface area contributed by atoms with Crippen LogP contribution in [0.4, 0.5) is 0 Å². The van der Waals surface area contributed by atoms with Gasteiger partial charge in [-0.15, -0.1) is 0 Å². The molecule has 0 aromatic heterocycles. The van der Waals surface area contributed by atoms with Crippen LogP contribution >= 0.6 is 11.8 Å². The van der Waals surface area contributed by atoms with Crippen LogP contribution in [-0.4, -0.2) is 43.9 Å². The van der Waals surface area contributed by atoms with E-state index in [1.165, 1.54) is 0 Å². The molecule has 1 N–H and O–H groups in total. The number of hydrogen-bond acceptors (Lipinski definition) is 4. The highest BCUT2D eigenvalue weighted by Gasteiger charge is 2.31. The first-order chi connectivity index (χ1) is 9.59. The fraction of sp³-hybridized carbons (Fsp3) is 0.571. The molecule has 1 aromatic carbocycles. The lowest BCUT2D eigenvalue weighted by Gasteiger charge is -2.31. The van der Waals surface area contributed by atoms with Crippen molar-refractivity contribution in [3.8, 4) is 0 Å². The highest BCUT2D eigenvalue weighted by atomic mass is 32.2. The van der Waals surface area contributed by atoms with Crippen LogP contribution in [0.25, 0.3) is 0 Å². The molecule has 1 heterocycles. The summed E-state index contributed by atoms with van der Waals surface area (Å²) in [7, 11) is -1.55. The van der Waals surface area contributed by atoms with Gasteiger partial charge in [-0.3, -0.25) is 0 Å². The molecule has 0 saturated carbocycles. The van der Waals surface area contributed by atoms with Crippen LogP contribution < -0.4 is 5.32 Å². The Morgan fingerprint density at radius 3 is 2.85 bits per heavy atom. The van der Waals surface area contributed by atoms with Crippen LogP contribution in [0, 0.1) is 0 Å². The molecule has 0 aliphatic carbocycles. The van der Waals surface area contributed by atoms with Gasteiger partial charge in [0.05, 0.1) is 4.90 Å². The van der Waals surface area contributed by atoms with E-state index in [4.69, 9.17) is 0 Å². The predicted octanol–water partition coefficient (Wildman–Crippen LogP) is 1.92. The van der Waals surface area contributed by atoms with Gasteiger partial charge in [0.1, 0.15) is 0 Å². The van der Waals surface area contributed by atoms with E-state index in [1.807, 2.05) is 30.9 Å². The van der Waals surface area contributed by atoms with Crippen molar-refractivity contribution in [2.24, 2.45) is 0 Å². The summed E-state index contributed by atoms with van der Waals surface area (Å²) in [6, 6.07) is 7.26. The Labute approximate surface area is 126 Å². The largest absolute Gasteiger partial charge is 0.316 e. The highest BCUT2D eigenvalue weighted by molar-refractivity contribution is 8.00. The minimum atomic E-state index is -3.38. The van der Waals surface area contributed by atoms with Crippen LogP contribution in [0.5, 0.6) is 0 Å². The van der Waals surface area contributed by atoms with Gasteiger partial charge >= 0.3 is 0 Å². The summed E-state index contributed by atoms with van der Waals surface area (Å²) < 4.78 is 27.3. The minimum Gasteiger partial charge on any atom is -0.316 e. The normalized spacial score (nSPS) is 21.0. The van der Waals surface area contributed by atoms with E-state index in [9.17, 15) is 8.42 Å². The lowest BCUT2D eigenvalue weighted by atomic mass is 10.2. The number of benzene rings is 1. The number of sulfonamides is 1. The maximum atomic E-state index is 12.8. The Bertz CT molecular complexity index is 546. The molecule has 1 atom stereocenters. The van der Waals surface area contributed by atoms with Gasteiger partial charge < -0.3 is 5.32 Å². The monoisotopic (exact) mass is 314 g/mol. The number of thioether (sulfide) groups is 1. The molecule has 1 aliphatic heterocycles. The first-order valence-corrected chi connectivity index (χ1v) is 9.42. The SMILES string of the molecule is CCC1CN(S(=O)(=O)c2ccccc2CNC)CCS1. The van der Waals surface area contributed by atoms with Crippen molar-refractivity contribution >= 4 is 21.8 Å². The van der Waals surface area contributed by atoms with Crippen molar-refractivity contribution in [3.05, 3.63) is 29.8 Å². The highest BCUT2D eigenvalue weighted by Crippen LogP contribution is 2.27. The van der Waals surface area contributed by atoms with Gasteiger partial charge in [-0.05, 0) is 25.1 Å². The molecule has 1 fully saturated rings. The second-order valence-corrected chi connectivity index (χ2v) is 8.22.